The Hall–Kier alpha value is -2.37. The third-order valence-electron chi connectivity index (χ3n) is 4.45. The fourth-order valence-electron chi connectivity index (χ4n) is 2.80. The zero-order valence-corrected chi connectivity index (χ0v) is 14.2. The lowest BCUT2D eigenvalue weighted by atomic mass is 9.97. The summed E-state index contributed by atoms with van der Waals surface area (Å²) in [5.74, 6) is -1.42. The number of ether oxygens (including phenoxy) is 1. The van der Waals surface area contributed by atoms with E-state index >= 15 is 0 Å². The maximum absolute atomic E-state index is 12.1. The smallest absolute Gasteiger partial charge is 0.310 e. The molecule has 0 bridgehead atoms. The summed E-state index contributed by atoms with van der Waals surface area (Å²) in [6.07, 6.45) is 1.57. The van der Waals surface area contributed by atoms with Gasteiger partial charge in [-0.2, -0.15) is 0 Å². The topological polar surface area (TPSA) is 89.7 Å². The number of carbonyl (C=O) groups excluding carboxylic acids is 3. The van der Waals surface area contributed by atoms with Crippen molar-refractivity contribution in [2.45, 2.75) is 33.1 Å². The molecule has 0 spiro atoms. The van der Waals surface area contributed by atoms with Gasteiger partial charge in [0.15, 0.2) is 6.61 Å². The summed E-state index contributed by atoms with van der Waals surface area (Å²) in [4.78, 5) is 36.8. The minimum absolute atomic E-state index is 0.137. The molecule has 1 aliphatic heterocycles. The molecule has 1 aromatic rings. The molecule has 130 valence electrons. The van der Waals surface area contributed by atoms with Crippen molar-refractivity contribution >= 4 is 17.8 Å². The molecular formula is C18H24N2O4. The van der Waals surface area contributed by atoms with Gasteiger partial charge in [0.05, 0.1) is 12.3 Å². The van der Waals surface area contributed by atoms with Crippen LogP contribution in [0.1, 0.15) is 29.5 Å². The summed E-state index contributed by atoms with van der Waals surface area (Å²) in [6.45, 7) is 4.57. The molecule has 1 aliphatic rings. The van der Waals surface area contributed by atoms with E-state index in [4.69, 9.17) is 10.5 Å². The predicted octanol–water partition coefficient (Wildman–Crippen LogP) is 1.11. The monoisotopic (exact) mass is 332 g/mol. The fraction of sp³-hybridized carbons (Fsp3) is 0.500. The van der Waals surface area contributed by atoms with Crippen LogP contribution in [0.25, 0.3) is 0 Å². The van der Waals surface area contributed by atoms with Crippen molar-refractivity contribution in [3.63, 3.8) is 0 Å². The maximum Gasteiger partial charge on any atom is 0.310 e. The largest absolute Gasteiger partial charge is 0.455 e. The van der Waals surface area contributed by atoms with Crippen LogP contribution in [0.2, 0.25) is 0 Å². The maximum atomic E-state index is 12.1. The van der Waals surface area contributed by atoms with Gasteiger partial charge in [-0.3, -0.25) is 14.4 Å². The number of hydrogen-bond acceptors (Lipinski definition) is 4. The Labute approximate surface area is 142 Å². The Morgan fingerprint density at radius 2 is 2.00 bits per heavy atom. The second-order valence-electron chi connectivity index (χ2n) is 6.34. The highest BCUT2D eigenvalue weighted by Crippen LogP contribution is 2.16. The third-order valence-corrected chi connectivity index (χ3v) is 4.45. The molecule has 24 heavy (non-hydrogen) atoms. The van der Waals surface area contributed by atoms with Gasteiger partial charge in [-0.15, -0.1) is 0 Å². The molecule has 1 atom stereocenters. The van der Waals surface area contributed by atoms with Crippen molar-refractivity contribution in [2.24, 2.45) is 11.7 Å². The summed E-state index contributed by atoms with van der Waals surface area (Å²) in [5.41, 5.74) is 8.44. The van der Waals surface area contributed by atoms with E-state index < -0.39 is 5.97 Å². The van der Waals surface area contributed by atoms with Gasteiger partial charge in [0, 0.05) is 13.1 Å². The van der Waals surface area contributed by atoms with Crippen LogP contribution in [-0.2, 0) is 25.5 Å². The number of carbonyl (C=O) groups is 3. The van der Waals surface area contributed by atoms with Gasteiger partial charge in [0.1, 0.15) is 0 Å². The number of esters is 1. The minimum Gasteiger partial charge on any atom is -0.455 e. The van der Waals surface area contributed by atoms with E-state index in [1.54, 1.807) is 4.90 Å². The Bertz CT molecular complexity index is 642. The average molecular weight is 332 g/mol. The van der Waals surface area contributed by atoms with Crippen molar-refractivity contribution in [1.82, 2.24) is 4.90 Å². The van der Waals surface area contributed by atoms with Gasteiger partial charge in [-0.1, -0.05) is 18.2 Å². The Balaban J connectivity index is 1.81. The van der Waals surface area contributed by atoms with Crippen LogP contribution >= 0.6 is 0 Å². The normalized spacial score (nSPS) is 17.4. The van der Waals surface area contributed by atoms with Crippen molar-refractivity contribution in [3.8, 4) is 0 Å². The zero-order valence-electron chi connectivity index (χ0n) is 14.2. The molecular weight excluding hydrogens is 308 g/mol. The SMILES string of the molecule is Cc1ccc(CC(=O)OCC(=O)N2CCC[C@@H](C(N)=O)C2)cc1C. The summed E-state index contributed by atoms with van der Waals surface area (Å²) in [7, 11) is 0. The van der Waals surface area contributed by atoms with Crippen LogP contribution in [0.5, 0.6) is 0 Å². The molecule has 0 unspecified atom stereocenters. The number of piperidine rings is 1. The predicted molar refractivity (Wildman–Crippen MR) is 89.1 cm³/mol. The number of benzene rings is 1. The number of nitrogens with zero attached hydrogens (tertiary/aromatic N) is 1. The molecule has 0 saturated carbocycles. The lowest BCUT2D eigenvalue weighted by Crippen LogP contribution is -2.45. The highest BCUT2D eigenvalue weighted by molar-refractivity contribution is 5.83. The first-order valence-corrected chi connectivity index (χ1v) is 8.15. The van der Waals surface area contributed by atoms with E-state index in [1.807, 2.05) is 32.0 Å². The molecule has 1 saturated heterocycles. The van der Waals surface area contributed by atoms with Gasteiger partial charge in [-0.25, -0.2) is 0 Å². The van der Waals surface area contributed by atoms with E-state index in [1.165, 1.54) is 0 Å². The highest BCUT2D eigenvalue weighted by atomic mass is 16.5. The molecule has 6 nitrogen and oxygen atoms in total. The van der Waals surface area contributed by atoms with E-state index in [0.29, 0.717) is 19.5 Å². The zero-order chi connectivity index (χ0) is 17.7. The van der Waals surface area contributed by atoms with E-state index in [2.05, 4.69) is 0 Å². The van der Waals surface area contributed by atoms with Gasteiger partial charge < -0.3 is 15.4 Å². The molecule has 0 radical (unpaired) electrons. The third kappa shape index (κ3) is 4.81. The quantitative estimate of drug-likeness (QED) is 0.818. The number of aryl methyl sites for hydroxylation is 2. The summed E-state index contributed by atoms with van der Waals surface area (Å²) >= 11 is 0. The van der Waals surface area contributed by atoms with E-state index in [9.17, 15) is 14.4 Å². The number of likely N-dealkylation sites (tertiary alicyclic amines) is 1. The van der Waals surface area contributed by atoms with Crippen molar-refractivity contribution in [3.05, 3.63) is 34.9 Å². The van der Waals surface area contributed by atoms with Crippen LogP contribution in [0, 0.1) is 19.8 Å². The number of hydrogen-bond donors (Lipinski definition) is 1. The lowest BCUT2D eigenvalue weighted by Gasteiger charge is -2.31. The number of amides is 2. The Kier molecular flexibility index (Phi) is 5.95. The van der Waals surface area contributed by atoms with Crippen LogP contribution in [0.4, 0.5) is 0 Å². The molecule has 1 fully saturated rings. The fourth-order valence-corrected chi connectivity index (χ4v) is 2.80. The van der Waals surface area contributed by atoms with Gasteiger partial charge >= 0.3 is 5.97 Å². The van der Waals surface area contributed by atoms with E-state index in [-0.39, 0.29) is 30.8 Å². The van der Waals surface area contributed by atoms with Crippen molar-refractivity contribution in [1.29, 1.82) is 0 Å². The lowest BCUT2D eigenvalue weighted by molar-refractivity contribution is -0.152. The molecule has 2 N–H and O–H groups in total. The second-order valence-corrected chi connectivity index (χ2v) is 6.34. The molecule has 1 heterocycles. The first kappa shape index (κ1) is 18.0. The Morgan fingerprint density at radius 3 is 2.67 bits per heavy atom. The average Bonchev–Trinajstić information content (AvgIpc) is 2.56. The van der Waals surface area contributed by atoms with Gasteiger partial charge in [0.2, 0.25) is 5.91 Å². The molecule has 2 amide bonds. The van der Waals surface area contributed by atoms with Crippen molar-refractivity contribution < 1.29 is 19.1 Å². The standard InChI is InChI=1S/C18H24N2O4/c1-12-5-6-14(8-13(12)2)9-17(22)24-11-16(21)20-7-3-4-15(10-20)18(19)23/h5-6,8,15H,3-4,7,9-11H2,1-2H3,(H2,19,23)/t15-/m1/s1. The minimum atomic E-state index is -0.435. The van der Waals surface area contributed by atoms with Gasteiger partial charge in [-0.05, 0) is 43.4 Å². The Morgan fingerprint density at radius 1 is 1.25 bits per heavy atom. The van der Waals surface area contributed by atoms with Crippen LogP contribution in [-0.4, -0.2) is 42.4 Å². The molecule has 1 aromatic carbocycles. The highest BCUT2D eigenvalue weighted by Gasteiger charge is 2.27. The summed E-state index contributed by atoms with van der Waals surface area (Å²) in [5, 5.41) is 0. The van der Waals surface area contributed by atoms with Crippen LogP contribution in [0.3, 0.4) is 0 Å². The molecule has 0 aliphatic carbocycles. The van der Waals surface area contributed by atoms with Crippen LogP contribution in [0.15, 0.2) is 18.2 Å². The number of primary amides is 1. The van der Waals surface area contributed by atoms with E-state index in [0.717, 1.165) is 23.1 Å². The number of nitrogens with two attached hydrogens (primary N) is 1. The first-order chi connectivity index (χ1) is 11.4. The van der Waals surface area contributed by atoms with Crippen LogP contribution < -0.4 is 5.73 Å². The van der Waals surface area contributed by atoms with Gasteiger partial charge in [0.25, 0.3) is 5.91 Å². The number of rotatable bonds is 5. The molecule has 6 heteroatoms. The first-order valence-electron chi connectivity index (χ1n) is 8.15. The molecule has 2 rings (SSSR count). The summed E-state index contributed by atoms with van der Waals surface area (Å²) in [6, 6.07) is 5.79. The second kappa shape index (κ2) is 7.95. The molecule has 0 aromatic heterocycles. The van der Waals surface area contributed by atoms with Crippen molar-refractivity contribution in [2.75, 3.05) is 19.7 Å². The summed E-state index contributed by atoms with van der Waals surface area (Å²) < 4.78 is 5.08.